The van der Waals surface area contributed by atoms with Crippen LogP contribution in [0.3, 0.4) is 0 Å². The molecule has 5 N–H and O–H groups in total. The molecule has 41 heavy (non-hydrogen) atoms. The molecule has 1 saturated carbocycles. The van der Waals surface area contributed by atoms with Crippen LogP contribution in [0.2, 0.25) is 0 Å². The van der Waals surface area contributed by atoms with Crippen molar-refractivity contribution in [2.45, 2.75) is 58.1 Å². The number of benzene rings is 1. The van der Waals surface area contributed by atoms with Gasteiger partial charge in [-0.15, -0.1) is 0 Å². The predicted molar refractivity (Wildman–Crippen MR) is 159 cm³/mol. The van der Waals surface area contributed by atoms with Crippen LogP contribution in [-0.2, 0) is 4.74 Å². The second kappa shape index (κ2) is 13.7. The zero-order valence-electron chi connectivity index (χ0n) is 24.0. The van der Waals surface area contributed by atoms with Crippen molar-refractivity contribution in [3.63, 3.8) is 0 Å². The Labute approximate surface area is 240 Å². The maximum absolute atomic E-state index is 13.4. The minimum absolute atomic E-state index is 0.140. The quantitative estimate of drug-likeness (QED) is 0.248. The number of anilines is 1. The molecule has 1 aromatic carbocycles. The summed E-state index contributed by atoms with van der Waals surface area (Å²) in [7, 11) is 0. The largest absolute Gasteiger partial charge is 0.444 e. The molecule has 0 bridgehead atoms. The molecule has 1 fully saturated rings. The molecule has 220 valence electrons. The minimum atomic E-state index is -0.509. The molecule has 2 aromatic heterocycles. The van der Waals surface area contributed by atoms with Crippen LogP contribution in [0.5, 0.6) is 0 Å². The van der Waals surface area contributed by atoms with E-state index in [1.807, 2.05) is 51.1 Å². The average Bonchev–Trinajstić information content (AvgIpc) is 2.97. The van der Waals surface area contributed by atoms with Gasteiger partial charge in [-0.3, -0.25) is 4.79 Å². The first kappa shape index (κ1) is 30.2. The number of carbonyl (C=O) groups excluding carboxylic acids is 2. The highest BCUT2D eigenvalue weighted by Crippen LogP contribution is 2.29. The Kier molecular flexibility index (Phi) is 10.1. The number of carbonyl (C=O) groups is 2. The van der Waals surface area contributed by atoms with Gasteiger partial charge in [0.05, 0.1) is 36.0 Å². The first-order chi connectivity index (χ1) is 19.6. The number of ether oxygens (including phenoxy) is 1. The molecule has 2 amide bonds. The standard InChI is InChI=1S/C31H41N5O5/c1-31(2,3)41-30(40)34-16-21-10-8-20(9-11-21)15-33-29(39)25-14-27(36-26-7-5-4-6-24(25)26)22-12-13-28(32-17-22)35-23(18-37)19-38/h4-7,12-14,17,20-21,23,37-38H,8-11,15-16,18-19H2,1-3H3,(H,32,35)(H,33,39)(H,34,40). The van der Waals surface area contributed by atoms with Crippen molar-refractivity contribution in [1.29, 1.82) is 0 Å². The van der Waals surface area contributed by atoms with Crippen LogP contribution < -0.4 is 16.0 Å². The number of hydrogen-bond acceptors (Lipinski definition) is 8. The number of nitrogens with one attached hydrogen (secondary N) is 3. The number of aliphatic hydroxyl groups is 2. The van der Waals surface area contributed by atoms with E-state index in [0.717, 1.165) is 42.1 Å². The van der Waals surface area contributed by atoms with Crippen LogP contribution in [0, 0.1) is 11.8 Å². The molecule has 1 aliphatic rings. The van der Waals surface area contributed by atoms with Gasteiger partial charge in [-0.1, -0.05) is 18.2 Å². The van der Waals surface area contributed by atoms with Crippen molar-refractivity contribution in [2.75, 3.05) is 31.6 Å². The summed E-state index contributed by atoms with van der Waals surface area (Å²) in [6.07, 6.45) is 5.24. The molecular weight excluding hydrogens is 522 g/mol. The molecule has 10 heteroatoms. The number of fused-ring (bicyclic) bond motifs is 1. The van der Waals surface area contributed by atoms with Gasteiger partial charge in [-0.2, -0.15) is 0 Å². The number of pyridine rings is 2. The van der Waals surface area contributed by atoms with Gasteiger partial charge in [0.25, 0.3) is 5.91 Å². The summed E-state index contributed by atoms with van der Waals surface area (Å²) < 4.78 is 5.33. The molecule has 0 unspecified atom stereocenters. The van der Waals surface area contributed by atoms with Crippen molar-refractivity contribution in [1.82, 2.24) is 20.6 Å². The topological polar surface area (TPSA) is 146 Å². The van der Waals surface area contributed by atoms with Crippen molar-refractivity contribution in [2.24, 2.45) is 11.8 Å². The Morgan fingerprint density at radius 2 is 1.63 bits per heavy atom. The average molecular weight is 564 g/mol. The lowest BCUT2D eigenvalue weighted by Gasteiger charge is -2.29. The molecule has 0 radical (unpaired) electrons. The minimum Gasteiger partial charge on any atom is -0.444 e. The summed E-state index contributed by atoms with van der Waals surface area (Å²) >= 11 is 0. The van der Waals surface area contributed by atoms with Gasteiger partial charge in [0, 0.05) is 30.2 Å². The van der Waals surface area contributed by atoms with Crippen molar-refractivity contribution >= 4 is 28.7 Å². The third-order valence-electron chi connectivity index (χ3n) is 7.26. The van der Waals surface area contributed by atoms with Crippen LogP contribution in [0.1, 0.15) is 56.8 Å². The molecule has 0 spiro atoms. The molecule has 4 rings (SSSR count). The number of nitrogens with zero attached hydrogens (tertiary/aromatic N) is 2. The Morgan fingerprint density at radius 1 is 0.976 bits per heavy atom. The molecule has 1 aliphatic carbocycles. The van der Waals surface area contributed by atoms with Crippen LogP contribution in [0.25, 0.3) is 22.2 Å². The Hall–Kier alpha value is -3.76. The van der Waals surface area contributed by atoms with E-state index in [0.29, 0.717) is 42.0 Å². The monoisotopic (exact) mass is 563 g/mol. The summed E-state index contributed by atoms with van der Waals surface area (Å²) in [6.45, 7) is 6.33. The van der Waals surface area contributed by atoms with E-state index in [-0.39, 0.29) is 25.2 Å². The second-order valence-electron chi connectivity index (χ2n) is 11.7. The van der Waals surface area contributed by atoms with Crippen LogP contribution in [-0.4, -0.2) is 70.1 Å². The number of rotatable bonds is 10. The van der Waals surface area contributed by atoms with Crippen LogP contribution in [0.4, 0.5) is 10.6 Å². The molecular formula is C31H41N5O5. The lowest BCUT2D eigenvalue weighted by atomic mass is 9.82. The summed E-state index contributed by atoms with van der Waals surface area (Å²) in [6, 6.07) is 12.5. The maximum Gasteiger partial charge on any atom is 0.407 e. The van der Waals surface area contributed by atoms with E-state index in [1.165, 1.54) is 0 Å². The molecule has 0 aliphatic heterocycles. The normalized spacial score (nSPS) is 17.3. The van der Waals surface area contributed by atoms with E-state index < -0.39 is 11.6 Å². The lowest BCUT2D eigenvalue weighted by Crippen LogP contribution is -2.37. The predicted octanol–water partition coefficient (Wildman–Crippen LogP) is 4.12. The zero-order valence-corrected chi connectivity index (χ0v) is 24.0. The van der Waals surface area contributed by atoms with E-state index in [9.17, 15) is 19.8 Å². The Balaban J connectivity index is 1.36. The fourth-order valence-corrected chi connectivity index (χ4v) is 5.01. The van der Waals surface area contributed by atoms with Crippen molar-refractivity contribution in [3.8, 4) is 11.3 Å². The lowest BCUT2D eigenvalue weighted by molar-refractivity contribution is 0.0512. The summed E-state index contributed by atoms with van der Waals surface area (Å²) in [5, 5.41) is 28.4. The van der Waals surface area contributed by atoms with E-state index in [2.05, 4.69) is 20.9 Å². The number of aromatic nitrogens is 2. The Morgan fingerprint density at radius 3 is 2.24 bits per heavy atom. The van der Waals surface area contributed by atoms with Crippen LogP contribution in [0.15, 0.2) is 48.7 Å². The summed E-state index contributed by atoms with van der Waals surface area (Å²) in [4.78, 5) is 34.5. The number of aliphatic hydroxyl groups excluding tert-OH is 2. The zero-order chi connectivity index (χ0) is 29.4. The molecule has 2 heterocycles. The van der Waals surface area contributed by atoms with Gasteiger partial charge in [0.1, 0.15) is 11.4 Å². The number of para-hydroxylation sites is 1. The van der Waals surface area contributed by atoms with Gasteiger partial charge < -0.3 is 30.9 Å². The van der Waals surface area contributed by atoms with Gasteiger partial charge in [0.2, 0.25) is 0 Å². The van der Waals surface area contributed by atoms with Gasteiger partial charge >= 0.3 is 6.09 Å². The highest BCUT2D eigenvalue weighted by Gasteiger charge is 2.24. The van der Waals surface area contributed by atoms with Gasteiger partial charge in [-0.25, -0.2) is 14.8 Å². The second-order valence-corrected chi connectivity index (χ2v) is 11.7. The highest BCUT2D eigenvalue weighted by molar-refractivity contribution is 6.07. The summed E-state index contributed by atoms with van der Waals surface area (Å²) in [5.41, 5.74) is 2.15. The summed E-state index contributed by atoms with van der Waals surface area (Å²) in [5.74, 6) is 1.18. The van der Waals surface area contributed by atoms with Crippen molar-refractivity contribution in [3.05, 3.63) is 54.2 Å². The smallest absolute Gasteiger partial charge is 0.407 e. The molecule has 0 saturated heterocycles. The van der Waals surface area contributed by atoms with E-state index >= 15 is 0 Å². The molecule has 10 nitrogen and oxygen atoms in total. The molecule has 0 atom stereocenters. The molecule has 3 aromatic rings. The van der Waals surface area contributed by atoms with Crippen LogP contribution >= 0.6 is 0 Å². The first-order valence-electron chi connectivity index (χ1n) is 14.2. The first-order valence-corrected chi connectivity index (χ1v) is 14.2. The van der Waals surface area contributed by atoms with Gasteiger partial charge in [0.15, 0.2) is 0 Å². The van der Waals surface area contributed by atoms with E-state index in [4.69, 9.17) is 9.72 Å². The van der Waals surface area contributed by atoms with Crippen molar-refractivity contribution < 1.29 is 24.5 Å². The fourth-order valence-electron chi connectivity index (χ4n) is 5.01. The highest BCUT2D eigenvalue weighted by atomic mass is 16.6. The third-order valence-corrected chi connectivity index (χ3v) is 7.26. The SMILES string of the molecule is CC(C)(C)OC(=O)NCC1CCC(CNC(=O)c2cc(-c3ccc(NC(CO)CO)nc3)nc3ccccc23)CC1. The third kappa shape index (κ3) is 8.61. The maximum atomic E-state index is 13.4. The number of alkyl carbamates (subject to hydrolysis) is 1. The Bertz CT molecular complexity index is 1310. The number of amides is 2. The fraction of sp³-hybridized carbons (Fsp3) is 0.484. The number of hydrogen-bond donors (Lipinski definition) is 5. The van der Waals surface area contributed by atoms with E-state index in [1.54, 1.807) is 18.3 Å². The van der Waals surface area contributed by atoms with Gasteiger partial charge in [-0.05, 0) is 82.6 Å².